The molecule has 0 radical (unpaired) electrons. The van der Waals surface area contributed by atoms with Gasteiger partial charge in [-0.25, -0.2) is 8.42 Å². The molecule has 0 aromatic heterocycles. The van der Waals surface area contributed by atoms with Crippen LogP contribution in [0.2, 0.25) is 10.0 Å². The maximum absolute atomic E-state index is 11.8. The van der Waals surface area contributed by atoms with E-state index < -0.39 is 26.7 Å². The van der Waals surface area contributed by atoms with Gasteiger partial charge < -0.3 is 11.1 Å². The predicted octanol–water partition coefficient (Wildman–Crippen LogP) is 2.73. The fourth-order valence-electron chi connectivity index (χ4n) is 1.48. The van der Waals surface area contributed by atoms with Gasteiger partial charge in [-0.2, -0.15) is 0 Å². The standard InChI is InChI=1S/C12H16Cl2N2O3S/c1-3-7(2)20(18,19)6-11(17)16-12-9(14)4-8(13)5-10(12)15/h4-5,7H,3,6,15H2,1-2H3,(H,16,17). The van der Waals surface area contributed by atoms with Crippen LogP contribution < -0.4 is 11.1 Å². The first-order chi connectivity index (χ1) is 9.17. The van der Waals surface area contributed by atoms with E-state index in [-0.39, 0.29) is 16.4 Å². The largest absolute Gasteiger partial charge is 0.397 e. The van der Waals surface area contributed by atoms with Crippen LogP contribution in [0, 0.1) is 0 Å². The number of nitrogens with one attached hydrogen (secondary N) is 1. The number of hydrogen-bond donors (Lipinski definition) is 2. The number of rotatable bonds is 5. The maximum Gasteiger partial charge on any atom is 0.239 e. The van der Waals surface area contributed by atoms with Gasteiger partial charge in [0.2, 0.25) is 5.91 Å². The van der Waals surface area contributed by atoms with Gasteiger partial charge in [0.1, 0.15) is 5.75 Å². The van der Waals surface area contributed by atoms with E-state index in [1.807, 2.05) is 0 Å². The zero-order valence-corrected chi connectivity index (χ0v) is 13.4. The third-order valence-corrected chi connectivity index (χ3v) is 5.61. The molecule has 8 heteroatoms. The molecule has 0 aliphatic carbocycles. The van der Waals surface area contributed by atoms with Gasteiger partial charge in [0.05, 0.1) is 21.6 Å². The van der Waals surface area contributed by atoms with Crippen molar-refractivity contribution in [3.8, 4) is 0 Å². The molecule has 0 aliphatic heterocycles. The lowest BCUT2D eigenvalue weighted by atomic mass is 10.2. The van der Waals surface area contributed by atoms with Crippen LogP contribution in [0.1, 0.15) is 20.3 Å². The summed E-state index contributed by atoms with van der Waals surface area (Å²) in [6.07, 6.45) is 0.444. The van der Waals surface area contributed by atoms with E-state index in [2.05, 4.69) is 5.32 Å². The molecule has 0 saturated carbocycles. The van der Waals surface area contributed by atoms with Gasteiger partial charge in [0, 0.05) is 5.02 Å². The Morgan fingerprint density at radius 3 is 2.50 bits per heavy atom. The zero-order valence-electron chi connectivity index (χ0n) is 11.1. The Labute approximate surface area is 128 Å². The second-order valence-electron chi connectivity index (χ2n) is 4.43. The van der Waals surface area contributed by atoms with Crippen molar-refractivity contribution in [2.75, 3.05) is 16.8 Å². The Morgan fingerprint density at radius 2 is 2.00 bits per heavy atom. The average Bonchev–Trinajstić information content (AvgIpc) is 2.32. The number of amides is 1. The smallest absolute Gasteiger partial charge is 0.239 e. The molecule has 0 saturated heterocycles. The van der Waals surface area contributed by atoms with E-state index in [1.165, 1.54) is 12.1 Å². The van der Waals surface area contributed by atoms with Gasteiger partial charge >= 0.3 is 0 Å². The lowest BCUT2D eigenvalue weighted by Gasteiger charge is -2.13. The molecule has 0 heterocycles. The van der Waals surface area contributed by atoms with Crippen molar-refractivity contribution >= 4 is 50.3 Å². The van der Waals surface area contributed by atoms with Crippen LogP contribution in [0.4, 0.5) is 11.4 Å². The predicted molar refractivity (Wildman–Crippen MR) is 83.0 cm³/mol. The van der Waals surface area contributed by atoms with E-state index in [0.717, 1.165) is 0 Å². The monoisotopic (exact) mass is 338 g/mol. The minimum atomic E-state index is -3.49. The summed E-state index contributed by atoms with van der Waals surface area (Å²) in [7, 11) is -3.49. The third kappa shape index (κ3) is 4.26. The van der Waals surface area contributed by atoms with Crippen LogP contribution in [0.3, 0.4) is 0 Å². The second kappa shape index (κ2) is 6.65. The normalized spacial score (nSPS) is 13.0. The second-order valence-corrected chi connectivity index (χ2v) is 7.69. The number of anilines is 2. The summed E-state index contributed by atoms with van der Waals surface area (Å²) in [5.41, 5.74) is 6.03. The Balaban J connectivity index is 2.88. The summed E-state index contributed by atoms with van der Waals surface area (Å²) in [4.78, 5) is 11.8. The summed E-state index contributed by atoms with van der Waals surface area (Å²) < 4.78 is 23.7. The highest BCUT2D eigenvalue weighted by atomic mass is 35.5. The van der Waals surface area contributed by atoms with Gasteiger partial charge in [0.25, 0.3) is 0 Å². The third-order valence-electron chi connectivity index (χ3n) is 2.87. The van der Waals surface area contributed by atoms with Gasteiger partial charge in [-0.1, -0.05) is 30.1 Å². The number of carbonyl (C=O) groups excluding carboxylic acids is 1. The van der Waals surface area contributed by atoms with Crippen LogP contribution in [0.25, 0.3) is 0 Å². The molecule has 20 heavy (non-hydrogen) atoms. The number of carbonyl (C=O) groups is 1. The fourth-order valence-corrected chi connectivity index (χ4v) is 3.27. The van der Waals surface area contributed by atoms with E-state index >= 15 is 0 Å². The number of halogens is 2. The highest BCUT2D eigenvalue weighted by Gasteiger charge is 2.23. The summed E-state index contributed by atoms with van der Waals surface area (Å²) in [5, 5.41) is 2.32. The molecular formula is C12H16Cl2N2O3S. The Kier molecular flexibility index (Phi) is 5.68. The summed E-state index contributed by atoms with van der Waals surface area (Å²) in [6.45, 7) is 3.31. The van der Waals surface area contributed by atoms with Crippen molar-refractivity contribution in [1.29, 1.82) is 0 Å². The fraction of sp³-hybridized carbons (Fsp3) is 0.417. The van der Waals surface area contributed by atoms with E-state index in [4.69, 9.17) is 28.9 Å². The lowest BCUT2D eigenvalue weighted by molar-refractivity contribution is -0.113. The highest BCUT2D eigenvalue weighted by Crippen LogP contribution is 2.32. The quantitative estimate of drug-likeness (QED) is 0.807. The number of sulfone groups is 1. The number of hydrogen-bond acceptors (Lipinski definition) is 4. The minimum Gasteiger partial charge on any atom is -0.397 e. The van der Waals surface area contributed by atoms with Crippen LogP contribution in [0.5, 0.6) is 0 Å². The van der Waals surface area contributed by atoms with Crippen LogP contribution in [-0.2, 0) is 14.6 Å². The molecule has 0 bridgehead atoms. The topological polar surface area (TPSA) is 89.3 Å². The van der Waals surface area contributed by atoms with Crippen LogP contribution in [-0.4, -0.2) is 25.3 Å². The molecule has 5 nitrogen and oxygen atoms in total. The molecule has 0 fully saturated rings. The van der Waals surface area contributed by atoms with Crippen molar-refractivity contribution in [2.24, 2.45) is 0 Å². The van der Waals surface area contributed by atoms with Crippen molar-refractivity contribution in [2.45, 2.75) is 25.5 Å². The van der Waals surface area contributed by atoms with Crippen molar-refractivity contribution in [1.82, 2.24) is 0 Å². The van der Waals surface area contributed by atoms with Gasteiger partial charge in [0.15, 0.2) is 9.84 Å². The summed E-state index contributed by atoms with van der Waals surface area (Å²) >= 11 is 11.7. The molecule has 1 aromatic carbocycles. The minimum absolute atomic E-state index is 0.157. The molecule has 1 aromatic rings. The maximum atomic E-state index is 11.8. The van der Waals surface area contributed by atoms with Crippen molar-refractivity contribution in [3.05, 3.63) is 22.2 Å². The van der Waals surface area contributed by atoms with Crippen molar-refractivity contribution < 1.29 is 13.2 Å². The molecule has 1 atom stereocenters. The van der Waals surface area contributed by atoms with Crippen LogP contribution in [0.15, 0.2) is 12.1 Å². The van der Waals surface area contributed by atoms with Gasteiger partial charge in [-0.05, 0) is 25.5 Å². The zero-order chi connectivity index (χ0) is 15.5. The SMILES string of the molecule is CCC(C)S(=O)(=O)CC(=O)Nc1c(N)cc(Cl)cc1Cl. The van der Waals surface area contributed by atoms with Crippen molar-refractivity contribution in [3.63, 3.8) is 0 Å². The molecule has 1 amide bonds. The van der Waals surface area contributed by atoms with Gasteiger partial charge in [-0.15, -0.1) is 0 Å². The molecular weight excluding hydrogens is 323 g/mol. The first-order valence-corrected chi connectivity index (χ1v) is 8.40. The van der Waals surface area contributed by atoms with E-state index in [9.17, 15) is 13.2 Å². The Morgan fingerprint density at radius 1 is 1.40 bits per heavy atom. The number of nitrogen functional groups attached to an aromatic ring is 1. The van der Waals surface area contributed by atoms with E-state index in [0.29, 0.717) is 11.4 Å². The Hall–Kier alpha value is -0.980. The average molecular weight is 339 g/mol. The van der Waals surface area contributed by atoms with Crippen LogP contribution >= 0.6 is 23.2 Å². The first-order valence-electron chi connectivity index (χ1n) is 5.93. The lowest BCUT2D eigenvalue weighted by Crippen LogP contribution is -2.29. The summed E-state index contributed by atoms with van der Waals surface area (Å²) in [6, 6.07) is 2.84. The molecule has 1 rings (SSSR count). The van der Waals surface area contributed by atoms with Gasteiger partial charge in [-0.3, -0.25) is 4.79 Å². The van der Waals surface area contributed by atoms with E-state index in [1.54, 1.807) is 13.8 Å². The molecule has 112 valence electrons. The molecule has 0 spiro atoms. The molecule has 0 aliphatic rings. The summed E-state index contributed by atoms with van der Waals surface area (Å²) in [5.74, 6) is -1.29. The number of benzene rings is 1. The number of nitrogens with two attached hydrogens (primary N) is 1. The first kappa shape index (κ1) is 17.1. The Bertz CT molecular complexity index is 594. The molecule has 3 N–H and O–H groups in total. The highest BCUT2D eigenvalue weighted by molar-refractivity contribution is 7.92. The molecule has 1 unspecified atom stereocenters.